The zero-order valence-corrected chi connectivity index (χ0v) is 6.76. The lowest BCUT2D eigenvalue weighted by Crippen LogP contribution is -2.33. The van der Waals surface area contributed by atoms with Crippen molar-refractivity contribution in [1.82, 2.24) is 0 Å². The molecule has 2 fully saturated rings. The van der Waals surface area contributed by atoms with E-state index in [0.717, 1.165) is 0 Å². The highest BCUT2D eigenvalue weighted by Crippen LogP contribution is 2.76. The lowest BCUT2D eigenvalue weighted by molar-refractivity contribution is -0.0141. The smallest absolute Gasteiger partial charge is 0.258 e. The van der Waals surface area contributed by atoms with Gasteiger partial charge in [0, 0.05) is 24.5 Å². The zero-order chi connectivity index (χ0) is 8.98. The average Bonchev–Trinajstić information content (AvgIpc) is 2.43. The fourth-order valence-corrected chi connectivity index (χ4v) is 2.62. The summed E-state index contributed by atoms with van der Waals surface area (Å²) in [6.45, 7) is 0.111. The Morgan fingerprint density at radius 1 is 1.42 bits per heavy atom. The Labute approximate surface area is 69.7 Å². The first-order valence-electron chi connectivity index (χ1n) is 4.27. The SMILES string of the molecule is NCC1C(F)(F)C12CC(CO)C2. The monoisotopic (exact) mass is 177 g/mol. The molecule has 0 aliphatic heterocycles. The molecular weight excluding hydrogens is 164 g/mol. The van der Waals surface area contributed by atoms with Crippen molar-refractivity contribution < 1.29 is 13.9 Å². The first kappa shape index (κ1) is 8.38. The van der Waals surface area contributed by atoms with Crippen molar-refractivity contribution in [3.8, 4) is 0 Å². The predicted molar refractivity (Wildman–Crippen MR) is 39.7 cm³/mol. The van der Waals surface area contributed by atoms with Gasteiger partial charge in [-0.3, -0.25) is 0 Å². The van der Waals surface area contributed by atoms with Gasteiger partial charge in [0.05, 0.1) is 0 Å². The molecule has 0 amide bonds. The maximum atomic E-state index is 13.0. The number of hydrogen-bond donors (Lipinski definition) is 2. The van der Waals surface area contributed by atoms with Crippen molar-refractivity contribution in [1.29, 1.82) is 0 Å². The number of aliphatic hydroxyl groups is 1. The Hall–Kier alpha value is -0.220. The van der Waals surface area contributed by atoms with Gasteiger partial charge in [0.1, 0.15) is 0 Å². The minimum atomic E-state index is -2.55. The minimum Gasteiger partial charge on any atom is -0.396 e. The van der Waals surface area contributed by atoms with Gasteiger partial charge in [-0.05, 0) is 18.8 Å². The molecule has 2 saturated carbocycles. The van der Waals surface area contributed by atoms with Gasteiger partial charge >= 0.3 is 0 Å². The number of nitrogens with two attached hydrogens (primary N) is 1. The molecule has 0 aromatic rings. The van der Waals surface area contributed by atoms with E-state index in [4.69, 9.17) is 10.8 Å². The highest BCUT2D eigenvalue weighted by molar-refractivity contribution is 5.23. The standard InChI is InChI=1S/C8H13F2NO/c9-8(10)6(3-11)7(8)1-5(2-7)4-12/h5-6,12H,1-4,11H2. The summed E-state index contributed by atoms with van der Waals surface area (Å²) in [5.41, 5.74) is 4.43. The minimum absolute atomic E-state index is 0.0368. The lowest BCUT2D eigenvalue weighted by Gasteiger charge is -2.35. The first-order valence-corrected chi connectivity index (χ1v) is 4.27. The second-order valence-corrected chi connectivity index (χ2v) is 4.02. The molecule has 70 valence electrons. The predicted octanol–water partition coefficient (Wildman–Crippen LogP) is 0.599. The first-order chi connectivity index (χ1) is 5.58. The van der Waals surface area contributed by atoms with Gasteiger partial charge < -0.3 is 10.8 Å². The molecule has 2 aliphatic carbocycles. The Kier molecular flexibility index (Phi) is 1.52. The molecule has 12 heavy (non-hydrogen) atoms. The van der Waals surface area contributed by atoms with Crippen molar-refractivity contribution >= 4 is 0 Å². The molecule has 0 heterocycles. The molecule has 0 bridgehead atoms. The van der Waals surface area contributed by atoms with Crippen LogP contribution in [0.25, 0.3) is 0 Å². The van der Waals surface area contributed by atoms with Gasteiger partial charge in [0.15, 0.2) is 0 Å². The van der Waals surface area contributed by atoms with Gasteiger partial charge in [-0.15, -0.1) is 0 Å². The van der Waals surface area contributed by atoms with Crippen molar-refractivity contribution in [2.75, 3.05) is 13.2 Å². The van der Waals surface area contributed by atoms with Gasteiger partial charge in [0.2, 0.25) is 0 Å². The summed E-state index contributed by atoms with van der Waals surface area (Å²) in [4.78, 5) is 0. The fraction of sp³-hybridized carbons (Fsp3) is 1.00. The third kappa shape index (κ3) is 0.702. The van der Waals surface area contributed by atoms with Crippen LogP contribution >= 0.6 is 0 Å². The summed E-state index contributed by atoms with van der Waals surface area (Å²) in [6, 6.07) is 0. The Morgan fingerprint density at radius 3 is 2.33 bits per heavy atom. The molecule has 0 aromatic heterocycles. The van der Waals surface area contributed by atoms with Crippen LogP contribution in [0.1, 0.15) is 12.8 Å². The van der Waals surface area contributed by atoms with Crippen LogP contribution in [-0.2, 0) is 0 Å². The molecule has 1 spiro atoms. The van der Waals surface area contributed by atoms with Crippen LogP contribution in [-0.4, -0.2) is 24.2 Å². The summed E-state index contributed by atoms with van der Waals surface area (Å²) in [5, 5.41) is 8.70. The Balaban J connectivity index is 2.00. The van der Waals surface area contributed by atoms with Gasteiger partial charge in [-0.1, -0.05) is 0 Å². The molecule has 0 radical (unpaired) electrons. The second kappa shape index (κ2) is 2.17. The van der Waals surface area contributed by atoms with Crippen molar-refractivity contribution in [2.24, 2.45) is 23.0 Å². The molecule has 0 aromatic carbocycles. The summed E-state index contributed by atoms with van der Waals surface area (Å²) < 4.78 is 26.1. The van der Waals surface area contributed by atoms with E-state index in [1.54, 1.807) is 0 Å². The summed E-state index contributed by atoms with van der Waals surface area (Å²) >= 11 is 0. The van der Waals surface area contributed by atoms with Crippen molar-refractivity contribution in [3.63, 3.8) is 0 Å². The third-order valence-corrected chi connectivity index (χ3v) is 3.48. The van der Waals surface area contributed by atoms with E-state index < -0.39 is 17.3 Å². The van der Waals surface area contributed by atoms with Crippen LogP contribution in [0.15, 0.2) is 0 Å². The van der Waals surface area contributed by atoms with Gasteiger partial charge in [-0.2, -0.15) is 0 Å². The molecule has 2 aliphatic rings. The topological polar surface area (TPSA) is 46.2 Å². The zero-order valence-electron chi connectivity index (χ0n) is 6.76. The van der Waals surface area contributed by atoms with Crippen LogP contribution in [0.5, 0.6) is 0 Å². The molecule has 2 rings (SSSR count). The third-order valence-electron chi connectivity index (χ3n) is 3.48. The van der Waals surface area contributed by atoms with Gasteiger partial charge in [0.25, 0.3) is 5.92 Å². The molecule has 1 unspecified atom stereocenters. The van der Waals surface area contributed by atoms with Crippen LogP contribution < -0.4 is 5.73 Å². The number of halogens is 2. The molecule has 2 nitrogen and oxygen atoms in total. The largest absolute Gasteiger partial charge is 0.396 e. The van der Waals surface area contributed by atoms with E-state index in [2.05, 4.69) is 0 Å². The summed E-state index contributed by atoms with van der Waals surface area (Å²) in [5.74, 6) is -3.08. The Bertz CT molecular complexity index is 201. The van der Waals surface area contributed by atoms with E-state index in [1.165, 1.54) is 0 Å². The summed E-state index contributed by atoms with van der Waals surface area (Å²) in [7, 11) is 0. The van der Waals surface area contributed by atoms with E-state index in [9.17, 15) is 8.78 Å². The normalized spacial score (nSPS) is 49.0. The number of alkyl halides is 2. The quantitative estimate of drug-likeness (QED) is 0.648. The maximum Gasteiger partial charge on any atom is 0.258 e. The van der Waals surface area contributed by atoms with Crippen molar-refractivity contribution in [2.45, 2.75) is 18.8 Å². The highest BCUT2D eigenvalue weighted by atomic mass is 19.3. The average molecular weight is 177 g/mol. The Morgan fingerprint density at radius 2 is 2.00 bits per heavy atom. The number of hydrogen-bond acceptors (Lipinski definition) is 2. The number of aliphatic hydroxyl groups excluding tert-OH is 1. The molecule has 4 heteroatoms. The van der Waals surface area contributed by atoms with Crippen LogP contribution in [0, 0.1) is 17.3 Å². The van der Waals surface area contributed by atoms with E-state index in [0.29, 0.717) is 12.8 Å². The molecule has 0 saturated heterocycles. The number of rotatable bonds is 2. The molecule has 1 atom stereocenters. The van der Waals surface area contributed by atoms with Gasteiger partial charge in [-0.25, -0.2) is 8.78 Å². The van der Waals surface area contributed by atoms with E-state index in [-0.39, 0.29) is 19.1 Å². The molecular formula is C8H13F2NO. The summed E-state index contributed by atoms with van der Waals surface area (Å²) in [6.07, 6.45) is 0.913. The van der Waals surface area contributed by atoms with Crippen LogP contribution in [0.4, 0.5) is 8.78 Å². The highest BCUT2D eigenvalue weighted by Gasteiger charge is 2.82. The van der Waals surface area contributed by atoms with Crippen molar-refractivity contribution in [3.05, 3.63) is 0 Å². The van der Waals surface area contributed by atoms with Crippen LogP contribution in [0.3, 0.4) is 0 Å². The van der Waals surface area contributed by atoms with E-state index in [1.807, 2.05) is 0 Å². The molecule has 3 N–H and O–H groups in total. The van der Waals surface area contributed by atoms with Crippen LogP contribution in [0.2, 0.25) is 0 Å². The maximum absolute atomic E-state index is 13.0. The lowest BCUT2D eigenvalue weighted by atomic mass is 9.70. The fourth-order valence-electron chi connectivity index (χ4n) is 2.62. The second-order valence-electron chi connectivity index (χ2n) is 4.02. The van der Waals surface area contributed by atoms with E-state index >= 15 is 0 Å².